The van der Waals surface area contributed by atoms with E-state index in [0.717, 1.165) is 24.0 Å². The van der Waals surface area contributed by atoms with Crippen LogP contribution in [0, 0.1) is 0 Å². The van der Waals surface area contributed by atoms with E-state index in [1.54, 1.807) is 0 Å². The van der Waals surface area contributed by atoms with Crippen LogP contribution in [0.4, 0.5) is 0 Å². The maximum atomic E-state index is 11.6. The molecule has 0 bridgehead atoms. The van der Waals surface area contributed by atoms with Gasteiger partial charge in [0.2, 0.25) is 0 Å². The molecule has 0 saturated carbocycles. The minimum Gasteiger partial charge on any atom is -0.299 e. The fourth-order valence-corrected chi connectivity index (χ4v) is 3.35. The molecule has 1 aliphatic carbocycles. The average Bonchev–Trinajstić information content (AvgIpc) is 3.00. The number of rotatable bonds is 4. The predicted octanol–water partition coefficient (Wildman–Crippen LogP) is 4.20. The molecule has 118 valence electrons. The summed E-state index contributed by atoms with van der Waals surface area (Å²) in [6.07, 6.45) is 7.02. The first-order chi connectivity index (χ1) is 11.8. The third kappa shape index (κ3) is 3.13. The van der Waals surface area contributed by atoms with E-state index < -0.39 is 0 Å². The van der Waals surface area contributed by atoms with Crippen LogP contribution in [0.25, 0.3) is 11.1 Å². The first-order valence-corrected chi connectivity index (χ1v) is 8.40. The second-order valence-electron chi connectivity index (χ2n) is 6.44. The van der Waals surface area contributed by atoms with Crippen LogP contribution in [0.2, 0.25) is 0 Å². The van der Waals surface area contributed by atoms with Gasteiger partial charge in [0.05, 0.1) is 0 Å². The highest BCUT2D eigenvalue weighted by molar-refractivity contribution is 5.88. The molecule has 0 fully saturated rings. The van der Waals surface area contributed by atoms with E-state index >= 15 is 0 Å². The highest BCUT2D eigenvalue weighted by Gasteiger charge is 2.18. The summed E-state index contributed by atoms with van der Waals surface area (Å²) in [5.41, 5.74) is 7.22. The lowest BCUT2D eigenvalue weighted by molar-refractivity contribution is -0.117. The van der Waals surface area contributed by atoms with Crippen LogP contribution in [0.15, 0.2) is 67.0 Å². The largest absolute Gasteiger partial charge is 0.299 e. The van der Waals surface area contributed by atoms with Crippen LogP contribution in [-0.2, 0) is 30.5 Å². The molecular weight excluding hydrogens is 294 g/mol. The Balaban J connectivity index is 1.55. The Labute approximate surface area is 142 Å². The van der Waals surface area contributed by atoms with Crippen molar-refractivity contribution in [1.82, 2.24) is 4.98 Å². The molecule has 2 nitrogen and oxygen atoms in total. The number of benzene rings is 2. The SMILES string of the molecule is O=C1Cc2ccc(-c3cncc(CCc4ccccc4)c3)cc2C1. The number of carbonyl (C=O) groups excluding carboxylic acids is 1. The maximum absolute atomic E-state index is 11.6. The summed E-state index contributed by atoms with van der Waals surface area (Å²) in [6, 6.07) is 19.1. The van der Waals surface area contributed by atoms with Crippen molar-refractivity contribution in [3.63, 3.8) is 0 Å². The number of aryl methyl sites for hydroxylation is 2. The molecule has 24 heavy (non-hydrogen) atoms. The van der Waals surface area contributed by atoms with Gasteiger partial charge in [0.15, 0.2) is 0 Å². The minimum absolute atomic E-state index is 0.317. The lowest BCUT2D eigenvalue weighted by Gasteiger charge is -2.07. The zero-order valence-corrected chi connectivity index (χ0v) is 13.5. The van der Waals surface area contributed by atoms with Gasteiger partial charge in [-0.05, 0) is 46.7 Å². The topological polar surface area (TPSA) is 30.0 Å². The van der Waals surface area contributed by atoms with Gasteiger partial charge in [-0.1, -0.05) is 48.5 Å². The highest BCUT2D eigenvalue weighted by Crippen LogP contribution is 2.27. The van der Waals surface area contributed by atoms with E-state index in [0.29, 0.717) is 18.6 Å². The van der Waals surface area contributed by atoms with E-state index in [4.69, 9.17) is 0 Å². The Morgan fingerprint density at radius 3 is 2.42 bits per heavy atom. The van der Waals surface area contributed by atoms with Crippen LogP contribution >= 0.6 is 0 Å². The highest BCUT2D eigenvalue weighted by atomic mass is 16.1. The minimum atomic E-state index is 0.317. The van der Waals surface area contributed by atoms with Crippen LogP contribution < -0.4 is 0 Å². The number of hydrogen-bond donors (Lipinski definition) is 0. The molecule has 1 heterocycles. The molecule has 1 aromatic heterocycles. The van der Waals surface area contributed by atoms with Gasteiger partial charge in [-0.3, -0.25) is 9.78 Å². The first kappa shape index (κ1) is 14.8. The van der Waals surface area contributed by atoms with E-state index in [-0.39, 0.29) is 0 Å². The molecule has 0 atom stereocenters. The number of aromatic nitrogens is 1. The molecular formula is C22H19NO. The standard InChI is InChI=1S/C22H19NO/c24-22-12-19-9-8-18(11-20(19)13-22)21-10-17(14-23-15-21)7-6-16-4-2-1-3-5-16/h1-5,8-11,14-15H,6-7,12-13H2. The average molecular weight is 313 g/mol. The van der Waals surface area contributed by atoms with E-state index in [1.165, 1.54) is 22.3 Å². The van der Waals surface area contributed by atoms with Crippen LogP contribution in [0.3, 0.4) is 0 Å². The van der Waals surface area contributed by atoms with Crippen molar-refractivity contribution >= 4 is 5.78 Å². The number of nitrogens with zero attached hydrogens (tertiary/aromatic N) is 1. The molecule has 2 heteroatoms. The van der Waals surface area contributed by atoms with Crippen LogP contribution in [0.5, 0.6) is 0 Å². The fraction of sp³-hybridized carbons (Fsp3) is 0.182. The van der Waals surface area contributed by atoms with Gasteiger partial charge < -0.3 is 0 Å². The maximum Gasteiger partial charge on any atom is 0.141 e. The van der Waals surface area contributed by atoms with Gasteiger partial charge in [0.1, 0.15) is 5.78 Å². The van der Waals surface area contributed by atoms with Crippen molar-refractivity contribution in [3.05, 3.63) is 89.2 Å². The van der Waals surface area contributed by atoms with Gasteiger partial charge in [-0.2, -0.15) is 0 Å². The third-order valence-corrected chi connectivity index (χ3v) is 4.65. The Bertz CT molecular complexity index is 883. The summed E-state index contributed by atoms with van der Waals surface area (Å²) < 4.78 is 0. The van der Waals surface area contributed by atoms with Crippen LogP contribution in [0.1, 0.15) is 22.3 Å². The van der Waals surface area contributed by atoms with Crippen molar-refractivity contribution in [1.29, 1.82) is 0 Å². The number of ketones is 1. The first-order valence-electron chi connectivity index (χ1n) is 8.40. The van der Waals surface area contributed by atoms with Gasteiger partial charge in [0, 0.05) is 30.8 Å². The lowest BCUT2D eigenvalue weighted by Crippen LogP contribution is -1.93. The van der Waals surface area contributed by atoms with Gasteiger partial charge in [-0.15, -0.1) is 0 Å². The quantitative estimate of drug-likeness (QED) is 0.722. The monoisotopic (exact) mass is 313 g/mol. The van der Waals surface area contributed by atoms with Crippen LogP contribution in [-0.4, -0.2) is 10.8 Å². The number of hydrogen-bond acceptors (Lipinski definition) is 2. The van der Waals surface area contributed by atoms with Gasteiger partial charge in [0.25, 0.3) is 0 Å². The molecule has 0 N–H and O–H groups in total. The van der Waals surface area contributed by atoms with E-state index in [1.807, 2.05) is 18.5 Å². The lowest BCUT2D eigenvalue weighted by atomic mass is 9.99. The second-order valence-corrected chi connectivity index (χ2v) is 6.44. The van der Waals surface area contributed by atoms with Crippen molar-refractivity contribution in [2.45, 2.75) is 25.7 Å². The number of pyridine rings is 1. The van der Waals surface area contributed by atoms with E-state index in [2.05, 4.69) is 53.5 Å². The molecule has 0 spiro atoms. The molecule has 4 rings (SSSR count). The smallest absolute Gasteiger partial charge is 0.141 e. The zero-order chi connectivity index (χ0) is 16.4. The zero-order valence-electron chi connectivity index (χ0n) is 13.5. The predicted molar refractivity (Wildman–Crippen MR) is 95.9 cm³/mol. The molecule has 2 aromatic carbocycles. The number of carbonyl (C=O) groups is 1. The molecule has 0 saturated heterocycles. The summed E-state index contributed by atoms with van der Waals surface area (Å²) in [5.74, 6) is 0.317. The van der Waals surface area contributed by atoms with Crippen molar-refractivity contribution in [3.8, 4) is 11.1 Å². The van der Waals surface area contributed by atoms with Gasteiger partial charge >= 0.3 is 0 Å². The normalized spacial score (nSPS) is 13.1. The molecule has 0 radical (unpaired) electrons. The number of Topliss-reactive ketones (excluding diaryl/α,β-unsaturated/α-hetero) is 1. The Morgan fingerprint density at radius 1 is 0.750 bits per heavy atom. The van der Waals surface area contributed by atoms with E-state index in [9.17, 15) is 4.79 Å². The molecule has 1 aliphatic rings. The fourth-order valence-electron chi connectivity index (χ4n) is 3.35. The van der Waals surface area contributed by atoms with Crippen molar-refractivity contribution < 1.29 is 4.79 Å². The second kappa shape index (κ2) is 6.40. The van der Waals surface area contributed by atoms with Crippen molar-refractivity contribution in [2.24, 2.45) is 0 Å². The molecule has 3 aromatic rings. The summed E-state index contributed by atoms with van der Waals surface area (Å²) in [4.78, 5) is 16.0. The molecule has 0 amide bonds. The number of fused-ring (bicyclic) bond motifs is 1. The Hall–Kier alpha value is -2.74. The molecule has 0 aliphatic heterocycles. The Kier molecular flexibility index (Phi) is 3.96. The summed E-state index contributed by atoms with van der Waals surface area (Å²) >= 11 is 0. The van der Waals surface area contributed by atoms with Crippen molar-refractivity contribution in [2.75, 3.05) is 0 Å². The summed E-state index contributed by atoms with van der Waals surface area (Å²) in [5, 5.41) is 0. The third-order valence-electron chi connectivity index (χ3n) is 4.65. The Morgan fingerprint density at radius 2 is 1.54 bits per heavy atom. The summed E-state index contributed by atoms with van der Waals surface area (Å²) in [7, 11) is 0. The van der Waals surface area contributed by atoms with Gasteiger partial charge in [-0.25, -0.2) is 0 Å². The summed E-state index contributed by atoms with van der Waals surface area (Å²) in [6.45, 7) is 0. The molecule has 0 unspecified atom stereocenters.